The molecule has 1 unspecified atom stereocenters. The van der Waals surface area contributed by atoms with Gasteiger partial charge in [0, 0.05) is 24.7 Å². The van der Waals surface area contributed by atoms with Crippen molar-refractivity contribution in [3.05, 3.63) is 54.1 Å². The molecule has 1 aromatic heterocycles. The fraction of sp³-hybridized carbons (Fsp3) is 0.364. The van der Waals surface area contributed by atoms with Gasteiger partial charge in [-0.05, 0) is 55.5 Å². The minimum Gasteiger partial charge on any atom is -0.431 e. The number of hydrogen-bond donors (Lipinski definition) is 2. The highest BCUT2D eigenvalue weighted by Crippen LogP contribution is 2.37. The van der Waals surface area contributed by atoms with Crippen LogP contribution < -0.4 is 15.8 Å². The summed E-state index contributed by atoms with van der Waals surface area (Å²) in [5, 5.41) is 3.57. The highest BCUT2D eigenvalue weighted by atomic mass is 32.1. The van der Waals surface area contributed by atoms with Crippen molar-refractivity contribution in [3.8, 4) is 10.9 Å². The smallest absolute Gasteiger partial charge is 0.312 e. The monoisotopic (exact) mass is 408 g/mol. The van der Waals surface area contributed by atoms with E-state index in [-0.39, 0.29) is 6.04 Å². The van der Waals surface area contributed by atoms with Crippen LogP contribution in [0.4, 0.5) is 4.79 Å². The van der Waals surface area contributed by atoms with Gasteiger partial charge in [-0.2, -0.15) is 0 Å². The normalized spacial score (nSPS) is 23.9. The average Bonchev–Trinajstić information content (AvgIpc) is 3.20. The van der Waals surface area contributed by atoms with Gasteiger partial charge in [0.15, 0.2) is 0 Å². The SMILES string of the molecule is NC(=O)N[C@H]1CC2CC[C@@H](C1)N2Cc1ccc(Oc2nc3ccccc3s2)cc1. The first-order chi connectivity index (χ1) is 14.1. The van der Waals surface area contributed by atoms with Gasteiger partial charge in [-0.1, -0.05) is 35.6 Å². The quantitative estimate of drug-likeness (QED) is 0.661. The molecule has 0 saturated carbocycles. The lowest BCUT2D eigenvalue weighted by Gasteiger charge is -2.39. The zero-order valence-electron chi connectivity index (χ0n) is 16.1. The molecule has 5 rings (SSSR count). The number of aromatic nitrogens is 1. The molecule has 0 spiro atoms. The van der Waals surface area contributed by atoms with Crippen LogP contribution in [0.3, 0.4) is 0 Å². The lowest BCUT2D eigenvalue weighted by molar-refractivity contribution is 0.112. The first-order valence-electron chi connectivity index (χ1n) is 10.1. The van der Waals surface area contributed by atoms with E-state index in [4.69, 9.17) is 10.5 Å². The number of primary amides is 1. The lowest BCUT2D eigenvalue weighted by atomic mass is 9.96. The third kappa shape index (κ3) is 3.93. The van der Waals surface area contributed by atoms with E-state index < -0.39 is 6.03 Å². The van der Waals surface area contributed by atoms with E-state index in [0.717, 1.165) is 35.4 Å². The summed E-state index contributed by atoms with van der Waals surface area (Å²) in [6.45, 7) is 0.931. The number of ether oxygens (including phenoxy) is 1. The van der Waals surface area contributed by atoms with Crippen molar-refractivity contribution in [2.45, 2.75) is 50.4 Å². The van der Waals surface area contributed by atoms with Crippen molar-refractivity contribution in [3.63, 3.8) is 0 Å². The molecule has 3 aromatic rings. The Kier molecular flexibility index (Phi) is 4.85. The number of nitrogens with two attached hydrogens (primary N) is 1. The Hall–Kier alpha value is -2.64. The van der Waals surface area contributed by atoms with Gasteiger partial charge >= 0.3 is 6.03 Å². The molecule has 150 valence electrons. The van der Waals surface area contributed by atoms with Crippen LogP contribution in [-0.2, 0) is 6.54 Å². The minimum absolute atomic E-state index is 0.214. The second-order valence-electron chi connectivity index (χ2n) is 7.93. The second kappa shape index (κ2) is 7.65. The minimum atomic E-state index is -0.411. The zero-order valence-corrected chi connectivity index (χ0v) is 16.9. The van der Waals surface area contributed by atoms with Crippen LogP contribution in [0.5, 0.6) is 10.9 Å². The molecular formula is C22H24N4O2S. The maximum atomic E-state index is 11.2. The largest absolute Gasteiger partial charge is 0.431 e. The summed E-state index contributed by atoms with van der Waals surface area (Å²) in [6, 6.07) is 17.2. The van der Waals surface area contributed by atoms with Crippen molar-refractivity contribution >= 4 is 27.6 Å². The Morgan fingerprint density at radius 3 is 2.55 bits per heavy atom. The number of amides is 2. The van der Waals surface area contributed by atoms with Crippen molar-refractivity contribution in [2.75, 3.05) is 0 Å². The third-order valence-electron chi connectivity index (χ3n) is 6.00. The summed E-state index contributed by atoms with van der Waals surface area (Å²) in [6.07, 6.45) is 4.36. The maximum Gasteiger partial charge on any atom is 0.312 e. The topological polar surface area (TPSA) is 80.5 Å². The van der Waals surface area contributed by atoms with Gasteiger partial charge in [0.05, 0.1) is 10.2 Å². The molecule has 2 fully saturated rings. The summed E-state index contributed by atoms with van der Waals surface area (Å²) in [7, 11) is 0. The Bertz CT molecular complexity index is 972. The van der Waals surface area contributed by atoms with Gasteiger partial charge < -0.3 is 15.8 Å². The van der Waals surface area contributed by atoms with E-state index in [1.54, 1.807) is 11.3 Å². The van der Waals surface area contributed by atoms with Crippen LogP contribution in [-0.4, -0.2) is 34.0 Å². The zero-order chi connectivity index (χ0) is 19.8. The molecule has 7 heteroatoms. The van der Waals surface area contributed by atoms with Gasteiger partial charge in [-0.3, -0.25) is 4.90 Å². The fourth-order valence-electron chi connectivity index (χ4n) is 4.72. The van der Waals surface area contributed by atoms with Crippen molar-refractivity contribution in [1.29, 1.82) is 0 Å². The predicted octanol–water partition coefficient (Wildman–Crippen LogP) is 4.25. The number of carbonyl (C=O) groups excluding carboxylic acids is 1. The highest BCUT2D eigenvalue weighted by molar-refractivity contribution is 7.20. The number of para-hydroxylation sites is 1. The number of piperidine rings is 1. The summed E-state index contributed by atoms with van der Waals surface area (Å²) in [5.74, 6) is 0.806. The number of fused-ring (bicyclic) bond motifs is 3. The van der Waals surface area contributed by atoms with Crippen LogP contribution >= 0.6 is 11.3 Å². The molecule has 2 saturated heterocycles. The maximum absolute atomic E-state index is 11.2. The van der Waals surface area contributed by atoms with Crippen LogP contribution in [0.15, 0.2) is 48.5 Å². The van der Waals surface area contributed by atoms with E-state index in [0.29, 0.717) is 17.3 Å². The molecule has 0 radical (unpaired) electrons. The standard InChI is InChI=1S/C22H24N4O2S/c23-21(27)24-15-11-16-7-8-17(12-15)26(16)13-14-5-9-18(10-6-14)28-22-25-19-3-1-2-4-20(19)29-22/h1-6,9-10,15-17H,7-8,11-13H2,(H3,23,24,27)/t15-,16+,17?/m1/s1. The molecule has 2 amide bonds. The lowest BCUT2D eigenvalue weighted by Crippen LogP contribution is -2.51. The predicted molar refractivity (Wildman–Crippen MR) is 114 cm³/mol. The third-order valence-corrected chi connectivity index (χ3v) is 6.91. The number of benzene rings is 2. The molecule has 6 nitrogen and oxygen atoms in total. The van der Waals surface area contributed by atoms with Gasteiger partial charge in [-0.15, -0.1) is 0 Å². The van der Waals surface area contributed by atoms with Gasteiger partial charge in [0.25, 0.3) is 5.19 Å². The number of nitrogens with zero attached hydrogens (tertiary/aromatic N) is 2. The van der Waals surface area contributed by atoms with Crippen LogP contribution in [0.1, 0.15) is 31.2 Å². The fourth-order valence-corrected chi connectivity index (χ4v) is 5.56. The van der Waals surface area contributed by atoms with Gasteiger partial charge in [0.2, 0.25) is 0 Å². The van der Waals surface area contributed by atoms with E-state index in [1.165, 1.54) is 18.4 Å². The van der Waals surface area contributed by atoms with Crippen molar-refractivity contribution in [1.82, 2.24) is 15.2 Å². The molecule has 2 aliphatic rings. The summed E-state index contributed by atoms with van der Waals surface area (Å²) >= 11 is 1.56. The first kappa shape index (κ1) is 18.4. The molecule has 29 heavy (non-hydrogen) atoms. The van der Waals surface area contributed by atoms with E-state index >= 15 is 0 Å². The first-order valence-corrected chi connectivity index (χ1v) is 10.9. The van der Waals surface area contributed by atoms with Crippen molar-refractivity contribution < 1.29 is 9.53 Å². The van der Waals surface area contributed by atoms with E-state index in [2.05, 4.69) is 33.4 Å². The molecule has 3 N–H and O–H groups in total. The number of nitrogens with one attached hydrogen (secondary N) is 1. The molecule has 2 aliphatic heterocycles. The van der Waals surface area contributed by atoms with Crippen LogP contribution in [0, 0.1) is 0 Å². The molecule has 3 heterocycles. The van der Waals surface area contributed by atoms with Gasteiger partial charge in [0.1, 0.15) is 5.75 Å². The van der Waals surface area contributed by atoms with E-state index in [1.807, 2.05) is 30.3 Å². The van der Waals surface area contributed by atoms with Crippen LogP contribution in [0.2, 0.25) is 0 Å². The molecular weight excluding hydrogens is 384 g/mol. The second-order valence-corrected chi connectivity index (χ2v) is 8.92. The number of rotatable bonds is 5. The molecule has 3 atom stereocenters. The van der Waals surface area contributed by atoms with Crippen LogP contribution in [0.25, 0.3) is 10.2 Å². The average molecular weight is 409 g/mol. The summed E-state index contributed by atoms with van der Waals surface area (Å²) < 4.78 is 7.08. The Morgan fingerprint density at radius 1 is 1.14 bits per heavy atom. The summed E-state index contributed by atoms with van der Waals surface area (Å²) in [5.41, 5.74) is 7.55. The number of thiazole rings is 1. The Morgan fingerprint density at radius 2 is 1.86 bits per heavy atom. The molecule has 2 aromatic carbocycles. The number of hydrogen-bond acceptors (Lipinski definition) is 5. The highest BCUT2D eigenvalue weighted by Gasteiger charge is 2.40. The van der Waals surface area contributed by atoms with Gasteiger partial charge in [-0.25, -0.2) is 9.78 Å². The molecule has 0 aliphatic carbocycles. The summed E-state index contributed by atoms with van der Waals surface area (Å²) in [4.78, 5) is 18.3. The number of carbonyl (C=O) groups is 1. The van der Waals surface area contributed by atoms with E-state index in [9.17, 15) is 4.79 Å². The molecule has 2 bridgehead atoms. The Labute approximate surface area is 173 Å². The number of urea groups is 1. The van der Waals surface area contributed by atoms with Crippen molar-refractivity contribution in [2.24, 2.45) is 5.73 Å². The Balaban J connectivity index is 1.22.